The molecule has 0 aromatic heterocycles. The van der Waals surface area contributed by atoms with Crippen molar-refractivity contribution in [2.24, 2.45) is 5.92 Å². The highest BCUT2D eigenvalue weighted by Gasteiger charge is 2.41. The molecule has 2 atom stereocenters. The lowest BCUT2D eigenvalue weighted by Gasteiger charge is -2.38. The molecule has 2 aromatic rings. The van der Waals surface area contributed by atoms with E-state index in [9.17, 15) is 14.7 Å². The molecule has 6 nitrogen and oxygen atoms in total. The second-order valence-corrected chi connectivity index (χ2v) is 11.7. The standard InChI is InChI=1S/C32H42N2O4/c1-5-24(18-22-10-7-6-8-11-22)28-20-29(28)33-26-14-16-27(17-15-26)34(31(37)38-32(2,3)4)21-23-12-9-13-25(19-23)30(35)36/h6-13,18-19,26-29,33H,5,14-17,20-21H2,1-4H3,(H,35,36)/b24-18+/t26?,27?,28-,29+/m0/s1. The van der Waals surface area contributed by atoms with Crippen LogP contribution in [0.25, 0.3) is 6.08 Å². The van der Waals surface area contributed by atoms with Gasteiger partial charge in [-0.25, -0.2) is 9.59 Å². The van der Waals surface area contributed by atoms with E-state index in [0.717, 1.165) is 37.7 Å². The van der Waals surface area contributed by atoms with Crippen molar-refractivity contribution >= 4 is 18.1 Å². The molecule has 2 N–H and O–H groups in total. The van der Waals surface area contributed by atoms with Gasteiger partial charge in [-0.05, 0) is 88.5 Å². The number of aromatic carboxylic acids is 1. The number of ether oxygens (including phenoxy) is 1. The first-order valence-corrected chi connectivity index (χ1v) is 14.0. The molecule has 2 fully saturated rings. The Morgan fingerprint density at radius 2 is 1.76 bits per heavy atom. The van der Waals surface area contributed by atoms with Gasteiger partial charge in [-0.3, -0.25) is 0 Å². The molecule has 0 spiro atoms. The zero-order valence-electron chi connectivity index (χ0n) is 23.2. The number of carboxylic acids is 1. The maximum atomic E-state index is 13.2. The Morgan fingerprint density at radius 3 is 2.39 bits per heavy atom. The number of carbonyl (C=O) groups is 2. The van der Waals surface area contributed by atoms with Crippen molar-refractivity contribution in [2.45, 2.75) is 96.5 Å². The van der Waals surface area contributed by atoms with Gasteiger partial charge in [0.2, 0.25) is 0 Å². The van der Waals surface area contributed by atoms with Crippen LogP contribution in [0.5, 0.6) is 0 Å². The van der Waals surface area contributed by atoms with E-state index in [1.165, 1.54) is 17.6 Å². The Morgan fingerprint density at radius 1 is 1.05 bits per heavy atom. The van der Waals surface area contributed by atoms with Crippen molar-refractivity contribution in [3.63, 3.8) is 0 Å². The SMILES string of the molecule is CC/C(=C\c1ccccc1)[C@@H]1C[C@H]1NC1CCC(N(Cc2cccc(C(=O)O)c2)C(=O)OC(C)(C)C)CC1. The molecule has 38 heavy (non-hydrogen) atoms. The highest BCUT2D eigenvalue weighted by atomic mass is 16.6. The first-order valence-electron chi connectivity index (χ1n) is 14.0. The Bertz CT molecular complexity index is 1130. The number of hydrogen-bond acceptors (Lipinski definition) is 4. The molecule has 0 heterocycles. The Kier molecular flexibility index (Phi) is 8.93. The minimum Gasteiger partial charge on any atom is -0.478 e. The van der Waals surface area contributed by atoms with Gasteiger partial charge < -0.3 is 20.1 Å². The van der Waals surface area contributed by atoms with Crippen LogP contribution in [0.4, 0.5) is 4.79 Å². The first kappa shape index (κ1) is 27.9. The van der Waals surface area contributed by atoms with Gasteiger partial charge in [0.05, 0.1) is 5.56 Å². The number of rotatable bonds is 9. The number of hydrogen-bond donors (Lipinski definition) is 2. The third kappa shape index (κ3) is 7.70. The van der Waals surface area contributed by atoms with Crippen LogP contribution in [0.1, 0.15) is 87.7 Å². The molecular formula is C32H42N2O4. The van der Waals surface area contributed by atoms with E-state index in [2.05, 4.69) is 48.6 Å². The van der Waals surface area contributed by atoms with E-state index < -0.39 is 11.6 Å². The quantitative estimate of drug-likeness (QED) is 0.377. The highest BCUT2D eigenvalue weighted by Crippen LogP contribution is 2.41. The molecular weight excluding hydrogens is 476 g/mol. The van der Waals surface area contributed by atoms with Gasteiger partial charge >= 0.3 is 12.1 Å². The van der Waals surface area contributed by atoms with E-state index >= 15 is 0 Å². The van der Waals surface area contributed by atoms with Crippen LogP contribution in [-0.4, -0.2) is 45.8 Å². The van der Waals surface area contributed by atoms with Crippen molar-refractivity contribution in [1.82, 2.24) is 10.2 Å². The molecule has 0 radical (unpaired) electrons. The number of nitrogens with one attached hydrogen (secondary N) is 1. The number of carbonyl (C=O) groups excluding carboxylic acids is 1. The van der Waals surface area contributed by atoms with Gasteiger partial charge in [-0.2, -0.15) is 0 Å². The number of nitrogens with zero attached hydrogens (tertiary/aromatic N) is 1. The summed E-state index contributed by atoms with van der Waals surface area (Å²) in [5.41, 5.74) is 3.22. The lowest BCUT2D eigenvalue weighted by atomic mass is 9.89. The van der Waals surface area contributed by atoms with E-state index in [0.29, 0.717) is 24.5 Å². The fourth-order valence-corrected chi connectivity index (χ4v) is 5.54. The molecule has 6 heteroatoms. The Hall–Kier alpha value is -3.12. The van der Waals surface area contributed by atoms with Crippen molar-refractivity contribution in [2.75, 3.05) is 0 Å². The zero-order valence-corrected chi connectivity index (χ0v) is 23.2. The summed E-state index contributed by atoms with van der Waals surface area (Å²) in [5.74, 6) is -0.358. The largest absolute Gasteiger partial charge is 0.478 e. The fourth-order valence-electron chi connectivity index (χ4n) is 5.54. The third-order valence-corrected chi connectivity index (χ3v) is 7.57. The second kappa shape index (κ2) is 12.2. The predicted molar refractivity (Wildman–Crippen MR) is 151 cm³/mol. The van der Waals surface area contributed by atoms with Crippen molar-refractivity contribution in [1.29, 1.82) is 0 Å². The van der Waals surface area contributed by atoms with E-state index in [4.69, 9.17) is 4.74 Å². The van der Waals surface area contributed by atoms with Gasteiger partial charge in [0.15, 0.2) is 0 Å². The van der Waals surface area contributed by atoms with Crippen LogP contribution in [0.2, 0.25) is 0 Å². The maximum Gasteiger partial charge on any atom is 0.410 e. The third-order valence-electron chi connectivity index (χ3n) is 7.57. The highest BCUT2D eigenvalue weighted by molar-refractivity contribution is 5.87. The van der Waals surface area contributed by atoms with Gasteiger partial charge in [-0.15, -0.1) is 0 Å². The summed E-state index contributed by atoms with van der Waals surface area (Å²) in [6, 6.07) is 18.4. The molecule has 0 unspecified atom stereocenters. The van der Waals surface area contributed by atoms with Crippen molar-refractivity contribution in [3.8, 4) is 0 Å². The van der Waals surface area contributed by atoms with Crippen LogP contribution in [0.3, 0.4) is 0 Å². The topological polar surface area (TPSA) is 78.9 Å². The average molecular weight is 519 g/mol. The molecule has 0 bridgehead atoms. The number of amides is 1. The average Bonchev–Trinajstić information content (AvgIpc) is 3.65. The number of benzene rings is 2. The summed E-state index contributed by atoms with van der Waals surface area (Å²) in [7, 11) is 0. The summed E-state index contributed by atoms with van der Waals surface area (Å²) in [6.45, 7) is 8.20. The summed E-state index contributed by atoms with van der Waals surface area (Å²) < 4.78 is 5.75. The van der Waals surface area contributed by atoms with Crippen molar-refractivity contribution in [3.05, 3.63) is 76.9 Å². The summed E-state index contributed by atoms with van der Waals surface area (Å²) in [6.07, 6.45) is 8.07. The molecule has 1 amide bonds. The van der Waals surface area contributed by atoms with Gasteiger partial charge in [0.1, 0.15) is 5.60 Å². The second-order valence-electron chi connectivity index (χ2n) is 11.7. The molecule has 204 valence electrons. The van der Waals surface area contributed by atoms with Crippen LogP contribution in [0.15, 0.2) is 60.2 Å². The van der Waals surface area contributed by atoms with Crippen LogP contribution >= 0.6 is 0 Å². The Balaban J connectivity index is 1.36. The maximum absolute atomic E-state index is 13.2. The fraction of sp³-hybridized carbons (Fsp3) is 0.500. The van der Waals surface area contributed by atoms with Gasteiger partial charge in [0, 0.05) is 24.7 Å². The summed E-state index contributed by atoms with van der Waals surface area (Å²) >= 11 is 0. The van der Waals surface area contributed by atoms with E-state index in [1.807, 2.05) is 26.8 Å². The molecule has 2 aliphatic rings. The smallest absolute Gasteiger partial charge is 0.410 e. The van der Waals surface area contributed by atoms with Gasteiger partial charge in [-0.1, -0.05) is 61.0 Å². The van der Waals surface area contributed by atoms with Crippen LogP contribution in [-0.2, 0) is 11.3 Å². The van der Waals surface area contributed by atoms with E-state index in [1.54, 1.807) is 23.1 Å². The monoisotopic (exact) mass is 518 g/mol. The minimum atomic E-state index is -0.967. The molecule has 4 rings (SSSR count). The number of carboxylic acid groups (broad SMARTS) is 1. The zero-order chi connectivity index (χ0) is 27.3. The minimum absolute atomic E-state index is 0.0653. The van der Waals surface area contributed by atoms with Crippen LogP contribution in [0, 0.1) is 5.92 Å². The lowest BCUT2D eigenvalue weighted by molar-refractivity contribution is 0.00876. The molecule has 2 aromatic carbocycles. The molecule has 2 aliphatic carbocycles. The van der Waals surface area contributed by atoms with E-state index in [-0.39, 0.29) is 17.7 Å². The predicted octanol–water partition coefficient (Wildman–Crippen LogP) is 6.90. The first-order chi connectivity index (χ1) is 18.1. The van der Waals surface area contributed by atoms with Crippen molar-refractivity contribution < 1.29 is 19.4 Å². The van der Waals surface area contributed by atoms with Gasteiger partial charge in [0.25, 0.3) is 0 Å². The molecule has 2 saturated carbocycles. The summed E-state index contributed by atoms with van der Waals surface area (Å²) in [4.78, 5) is 26.5. The Labute approximate surface area is 227 Å². The summed E-state index contributed by atoms with van der Waals surface area (Å²) in [5, 5.41) is 13.3. The molecule has 0 saturated heterocycles. The lowest BCUT2D eigenvalue weighted by Crippen LogP contribution is -2.47. The molecule has 0 aliphatic heterocycles. The van der Waals surface area contributed by atoms with Crippen LogP contribution < -0.4 is 5.32 Å². The normalized spacial score (nSPS) is 23.5.